The van der Waals surface area contributed by atoms with Gasteiger partial charge in [0.2, 0.25) is 0 Å². The Morgan fingerprint density at radius 3 is 2.75 bits per heavy atom. The number of nitriles is 1. The zero-order valence-corrected chi connectivity index (χ0v) is 14.0. The number of nitrogens with zero attached hydrogens (tertiary/aromatic N) is 4. The first-order valence-electron chi connectivity index (χ1n) is 7.48. The molecule has 0 spiro atoms. The predicted octanol–water partition coefficient (Wildman–Crippen LogP) is 3.52. The van der Waals surface area contributed by atoms with Gasteiger partial charge in [0.05, 0.1) is 18.2 Å². The molecule has 6 heteroatoms. The highest BCUT2D eigenvalue weighted by molar-refractivity contribution is 7.99. The molecule has 24 heavy (non-hydrogen) atoms. The quantitative estimate of drug-likeness (QED) is 0.509. The van der Waals surface area contributed by atoms with Gasteiger partial charge in [-0.05, 0) is 18.2 Å². The van der Waals surface area contributed by atoms with Crippen molar-refractivity contribution in [3.8, 4) is 23.2 Å². The number of benzene rings is 2. The summed E-state index contributed by atoms with van der Waals surface area (Å²) in [6, 6.07) is 19.2. The normalized spacial score (nSPS) is 10.3. The SMILES string of the molecule is Cn1c(SCCOc2cccc(C#N)c2)nnc1-c1ccccc1. The van der Waals surface area contributed by atoms with Crippen LogP contribution in [0.4, 0.5) is 0 Å². The first kappa shape index (κ1) is 16.1. The molecular weight excluding hydrogens is 320 g/mol. The zero-order valence-electron chi connectivity index (χ0n) is 13.2. The molecule has 0 amide bonds. The summed E-state index contributed by atoms with van der Waals surface area (Å²) in [5.74, 6) is 2.30. The Kier molecular flexibility index (Phi) is 5.14. The van der Waals surface area contributed by atoms with Crippen molar-refractivity contribution >= 4 is 11.8 Å². The lowest BCUT2D eigenvalue weighted by molar-refractivity contribution is 0.343. The largest absolute Gasteiger partial charge is 0.493 e. The van der Waals surface area contributed by atoms with E-state index in [1.54, 1.807) is 23.9 Å². The maximum atomic E-state index is 8.88. The lowest BCUT2D eigenvalue weighted by Crippen LogP contribution is -2.02. The van der Waals surface area contributed by atoms with E-state index >= 15 is 0 Å². The number of thioether (sulfide) groups is 1. The summed E-state index contributed by atoms with van der Waals surface area (Å²) in [5.41, 5.74) is 1.64. The number of aromatic nitrogens is 3. The minimum atomic E-state index is 0.535. The van der Waals surface area contributed by atoms with Gasteiger partial charge < -0.3 is 9.30 Å². The van der Waals surface area contributed by atoms with Gasteiger partial charge in [0.1, 0.15) is 5.75 Å². The van der Waals surface area contributed by atoms with Crippen LogP contribution >= 0.6 is 11.8 Å². The highest BCUT2D eigenvalue weighted by Gasteiger charge is 2.10. The monoisotopic (exact) mass is 336 g/mol. The van der Waals surface area contributed by atoms with Gasteiger partial charge in [0.15, 0.2) is 11.0 Å². The molecule has 2 aromatic carbocycles. The number of hydrogen-bond donors (Lipinski definition) is 0. The molecule has 0 bridgehead atoms. The van der Waals surface area contributed by atoms with Crippen LogP contribution in [0.2, 0.25) is 0 Å². The van der Waals surface area contributed by atoms with Crippen molar-refractivity contribution < 1.29 is 4.74 Å². The molecule has 1 aromatic heterocycles. The molecule has 0 atom stereocenters. The third-order valence-corrected chi connectivity index (χ3v) is 4.40. The van der Waals surface area contributed by atoms with Crippen molar-refractivity contribution in [2.24, 2.45) is 7.05 Å². The van der Waals surface area contributed by atoms with E-state index in [4.69, 9.17) is 10.00 Å². The zero-order chi connectivity index (χ0) is 16.8. The standard InChI is InChI=1S/C18H16N4OS/c1-22-17(15-7-3-2-4-8-15)20-21-18(22)24-11-10-23-16-9-5-6-14(12-16)13-19/h2-9,12H,10-11H2,1H3. The average Bonchev–Trinajstić information content (AvgIpc) is 3.00. The minimum Gasteiger partial charge on any atom is -0.493 e. The molecule has 120 valence electrons. The van der Waals surface area contributed by atoms with E-state index in [0.29, 0.717) is 17.9 Å². The number of rotatable bonds is 6. The molecule has 5 nitrogen and oxygen atoms in total. The van der Waals surface area contributed by atoms with E-state index < -0.39 is 0 Å². The summed E-state index contributed by atoms with van der Waals surface area (Å²) >= 11 is 1.59. The Labute approximate surface area is 144 Å². The van der Waals surface area contributed by atoms with E-state index in [9.17, 15) is 0 Å². The van der Waals surface area contributed by atoms with Gasteiger partial charge in [-0.25, -0.2) is 0 Å². The maximum absolute atomic E-state index is 8.88. The summed E-state index contributed by atoms with van der Waals surface area (Å²) in [5, 5.41) is 18.2. The molecule has 0 aliphatic heterocycles. The molecule has 0 aliphatic carbocycles. The van der Waals surface area contributed by atoms with Crippen LogP contribution in [-0.2, 0) is 7.05 Å². The topological polar surface area (TPSA) is 63.7 Å². The van der Waals surface area contributed by atoms with Crippen LogP contribution in [0, 0.1) is 11.3 Å². The Balaban J connectivity index is 1.56. The summed E-state index contributed by atoms with van der Waals surface area (Å²) in [6.45, 7) is 0.535. The van der Waals surface area contributed by atoms with Gasteiger partial charge in [0, 0.05) is 18.4 Å². The molecule has 0 fully saturated rings. The molecule has 0 radical (unpaired) electrons. The second-order valence-electron chi connectivity index (χ2n) is 5.07. The first-order valence-corrected chi connectivity index (χ1v) is 8.47. The van der Waals surface area contributed by atoms with Crippen molar-refractivity contribution in [1.82, 2.24) is 14.8 Å². The van der Waals surface area contributed by atoms with Crippen LogP contribution in [0.25, 0.3) is 11.4 Å². The van der Waals surface area contributed by atoms with Gasteiger partial charge in [-0.1, -0.05) is 48.2 Å². The highest BCUT2D eigenvalue weighted by atomic mass is 32.2. The van der Waals surface area contributed by atoms with E-state index in [1.807, 2.05) is 54.1 Å². The van der Waals surface area contributed by atoms with E-state index in [2.05, 4.69) is 16.3 Å². The summed E-state index contributed by atoms with van der Waals surface area (Å²) in [7, 11) is 1.96. The molecule has 0 N–H and O–H groups in total. The molecule has 0 unspecified atom stereocenters. The van der Waals surface area contributed by atoms with Gasteiger partial charge in [-0.2, -0.15) is 5.26 Å². The fourth-order valence-electron chi connectivity index (χ4n) is 2.23. The summed E-state index contributed by atoms with van der Waals surface area (Å²) in [4.78, 5) is 0. The third-order valence-electron chi connectivity index (χ3n) is 3.41. The molecule has 0 aliphatic rings. The van der Waals surface area contributed by atoms with E-state index in [1.165, 1.54) is 0 Å². The second kappa shape index (κ2) is 7.66. The Morgan fingerprint density at radius 2 is 1.96 bits per heavy atom. The molecule has 3 rings (SSSR count). The lowest BCUT2D eigenvalue weighted by atomic mass is 10.2. The van der Waals surface area contributed by atoms with Crippen LogP contribution in [0.3, 0.4) is 0 Å². The Morgan fingerprint density at radius 1 is 1.12 bits per heavy atom. The summed E-state index contributed by atoms with van der Waals surface area (Å²) in [6.07, 6.45) is 0. The maximum Gasteiger partial charge on any atom is 0.191 e. The van der Waals surface area contributed by atoms with Crippen LogP contribution in [0.15, 0.2) is 59.8 Å². The highest BCUT2D eigenvalue weighted by Crippen LogP contribution is 2.22. The van der Waals surface area contributed by atoms with Crippen LogP contribution in [0.1, 0.15) is 5.56 Å². The average molecular weight is 336 g/mol. The Hall–Kier alpha value is -2.78. The fourth-order valence-corrected chi connectivity index (χ4v) is 2.96. The third kappa shape index (κ3) is 3.76. The lowest BCUT2D eigenvalue weighted by Gasteiger charge is -2.06. The van der Waals surface area contributed by atoms with E-state index in [-0.39, 0.29) is 0 Å². The van der Waals surface area contributed by atoms with Crippen molar-refractivity contribution in [2.75, 3.05) is 12.4 Å². The Bertz CT molecular complexity index is 855. The molecule has 0 saturated heterocycles. The predicted molar refractivity (Wildman–Crippen MR) is 93.8 cm³/mol. The summed E-state index contributed by atoms with van der Waals surface area (Å²) < 4.78 is 7.65. The van der Waals surface area contributed by atoms with Gasteiger partial charge >= 0.3 is 0 Å². The number of hydrogen-bond acceptors (Lipinski definition) is 5. The molecule has 3 aromatic rings. The van der Waals surface area contributed by atoms with Crippen molar-refractivity contribution in [3.05, 3.63) is 60.2 Å². The van der Waals surface area contributed by atoms with Crippen molar-refractivity contribution in [1.29, 1.82) is 5.26 Å². The van der Waals surface area contributed by atoms with Crippen molar-refractivity contribution in [2.45, 2.75) is 5.16 Å². The first-order chi connectivity index (χ1) is 11.8. The van der Waals surface area contributed by atoms with Gasteiger partial charge in [-0.15, -0.1) is 10.2 Å². The molecule has 1 heterocycles. The van der Waals surface area contributed by atoms with E-state index in [0.717, 1.165) is 22.3 Å². The second-order valence-corrected chi connectivity index (χ2v) is 6.13. The van der Waals surface area contributed by atoms with Gasteiger partial charge in [0.25, 0.3) is 0 Å². The number of ether oxygens (including phenoxy) is 1. The van der Waals surface area contributed by atoms with Gasteiger partial charge in [-0.3, -0.25) is 0 Å². The van der Waals surface area contributed by atoms with Crippen LogP contribution < -0.4 is 4.74 Å². The molecule has 0 saturated carbocycles. The fraction of sp³-hybridized carbons (Fsp3) is 0.167. The minimum absolute atomic E-state index is 0.535. The van der Waals surface area contributed by atoms with Crippen molar-refractivity contribution in [3.63, 3.8) is 0 Å². The molecular formula is C18H16N4OS. The van der Waals surface area contributed by atoms with Crippen LogP contribution in [0.5, 0.6) is 5.75 Å². The van der Waals surface area contributed by atoms with Crippen LogP contribution in [-0.4, -0.2) is 27.1 Å². The smallest absolute Gasteiger partial charge is 0.191 e.